The van der Waals surface area contributed by atoms with Crippen LogP contribution in [0.2, 0.25) is 0 Å². The van der Waals surface area contributed by atoms with Crippen LogP contribution < -0.4 is 16.6 Å². The summed E-state index contributed by atoms with van der Waals surface area (Å²) >= 11 is 0. The fraction of sp³-hybridized carbons (Fsp3) is 0.161. The quantitative estimate of drug-likeness (QED) is 0.241. The summed E-state index contributed by atoms with van der Waals surface area (Å²) < 4.78 is 4.50. The van der Waals surface area contributed by atoms with Crippen LogP contribution in [-0.2, 0) is 7.05 Å². The fourth-order valence-electron chi connectivity index (χ4n) is 4.61. The molecule has 1 unspecified atom stereocenters. The van der Waals surface area contributed by atoms with Crippen molar-refractivity contribution in [1.29, 1.82) is 0 Å². The first-order valence-electron chi connectivity index (χ1n) is 13.2. The second kappa shape index (κ2) is 11.4. The number of nitrogens with one attached hydrogen (secondary N) is 1. The Morgan fingerprint density at radius 1 is 1.12 bits per heavy atom. The number of nitrogens with zero attached hydrogens (tertiary/aromatic N) is 7. The molecule has 0 aliphatic rings. The van der Waals surface area contributed by atoms with Crippen LogP contribution in [0, 0.1) is 18.8 Å². The average Bonchev–Trinajstić information content (AvgIpc) is 3.48. The fourth-order valence-corrected chi connectivity index (χ4v) is 4.61. The van der Waals surface area contributed by atoms with E-state index in [0.717, 1.165) is 11.3 Å². The summed E-state index contributed by atoms with van der Waals surface area (Å²) in [6.07, 6.45) is 5.11. The molecule has 0 bridgehead atoms. The van der Waals surface area contributed by atoms with E-state index in [0.29, 0.717) is 33.8 Å². The van der Waals surface area contributed by atoms with Crippen LogP contribution in [0.25, 0.3) is 22.7 Å². The summed E-state index contributed by atoms with van der Waals surface area (Å²) in [5.74, 6) is 6.41. The van der Waals surface area contributed by atoms with E-state index in [4.69, 9.17) is 10.7 Å². The van der Waals surface area contributed by atoms with Crippen molar-refractivity contribution < 1.29 is 4.79 Å². The minimum atomic E-state index is -0.722. The number of fused-ring (bicyclic) bond motifs is 1. The van der Waals surface area contributed by atoms with Gasteiger partial charge in [0, 0.05) is 19.3 Å². The molecule has 0 aliphatic carbocycles. The number of carbonyl (C=O) groups excluding carboxylic acids is 1. The highest BCUT2D eigenvalue weighted by Crippen LogP contribution is 2.22. The lowest BCUT2D eigenvalue weighted by Crippen LogP contribution is -2.34. The first-order valence-corrected chi connectivity index (χ1v) is 13.2. The Bertz CT molecular complexity index is 1990. The number of allylic oxidation sites excluding steroid dienone is 1. The Labute approximate surface area is 242 Å². The van der Waals surface area contributed by atoms with Gasteiger partial charge in [0.1, 0.15) is 5.82 Å². The lowest BCUT2D eigenvalue weighted by Gasteiger charge is -2.20. The Kier molecular flexibility index (Phi) is 7.53. The number of hydrogen-bond acceptors (Lipinski definition) is 7. The molecule has 3 N–H and O–H groups in total. The molecular formula is C31H29N9O2. The van der Waals surface area contributed by atoms with Gasteiger partial charge in [-0.3, -0.25) is 18.8 Å². The molecule has 0 saturated carbocycles. The summed E-state index contributed by atoms with van der Waals surface area (Å²) in [6.45, 7) is 9.03. The third-order valence-corrected chi connectivity index (χ3v) is 6.82. The van der Waals surface area contributed by atoms with Crippen LogP contribution >= 0.6 is 0 Å². The van der Waals surface area contributed by atoms with E-state index >= 15 is 0 Å². The molecule has 1 amide bonds. The predicted molar refractivity (Wildman–Crippen MR) is 163 cm³/mol. The zero-order valence-electron chi connectivity index (χ0n) is 23.7. The first kappa shape index (κ1) is 27.8. The number of imidazole rings is 1. The average molecular weight is 560 g/mol. The molecular weight excluding hydrogens is 530 g/mol. The Morgan fingerprint density at radius 3 is 2.52 bits per heavy atom. The van der Waals surface area contributed by atoms with E-state index < -0.39 is 11.9 Å². The Hall–Kier alpha value is -5.76. The van der Waals surface area contributed by atoms with E-state index in [9.17, 15) is 9.59 Å². The highest BCUT2D eigenvalue weighted by Gasteiger charge is 2.25. The van der Waals surface area contributed by atoms with Crippen LogP contribution in [0.3, 0.4) is 0 Å². The maximum absolute atomic E-state index is 14.2. The molecule has 0 spiro atoms. The molecule has 0 saturated heterocycles. The summed E-state index contributed by atoms with van der Waals surface area (Å²) in [6, 6.07) is 13.7. The lowest BCUT2D eigenvalue weighted by atomic mass is 10.1. The van der Waals surface area contributed by atoms with E-state index in [1.807, 2.05) is 39.1 Å². The molecule has 210 valence electrons. The van der Waals surface area contributed by atoms with Gasteiger partial charge >= 0.3 is 0 Å². The molecule has 1 atom stereocenters. The second-order valence-electron chi connectivity index (χ2n) is 9.52. The molecule has 3 aromatic heterocycles. The minimum Gasteiger partial charge on any atom is -0.382 e. The topological polar surface area (TPSA) is 138 Å². The first-order chi connectivity index (χ1) is 20.2. The van der Waals surface area contributed by atoms with Crippen LogP contribution in [0.5, 0.6) is 0 Å². The molecule has 0 fully saturated rings. The van der Waals surface area contributed by atoms with E-state index in [1.54, 1.807) is 60.3 Å². The normalized spacial score (nSPS) is 11.8. The third-order valence-electron chi connectivity index (χ3n) is 6.82. The molecule has 11 nitrogen and oxygen atoms in total. The smallest absolute Gasteiger partial charge is 0.274 e. The van der Waals surface area contributed by atoms with Gasteiger partial charge in [-0.1, -0.05) is 42.2 Å². The third kappa shape index (κ3) is 4.97. The van der Waals surface area contributed by atoms with Gasteiger partial charge in [-0.2, -0.15) is 10.2 Å². The molecule has 3 heterocycles. The second-order valence-corrected chi connectivity index (χ2v) is 9.52. The van der Waals surface area contributed by atoms with Crippen molar-refractivity contribution in [3.05, 3.63) is 105 Å². The molecule has 11 heteroatoms. The van der Waals surface area contributed by atoms with Crippen LogP contribution in [0.4, 0.5) is 5.82 Å². The summed E-state index contributed by atoms with van der Waals surface area (Å²) in [5.41, 5.74) is 9.05. The zero-order chi connectivity index (χ0) is 30.0. The number of carbonyl (C=O) groups is 1. The predicted octanol–water partition coefficient (Wildman–Crippen LogP) is 3.59. The van der Waals surface area contributed by atoms with Gasteiger partial charge in [-0.15, -0.1) is 0 Å². The van der Waals surface area contributed by atoms with Gasteiger partial charge in [0.2, 0.25) is 0 Å². The largest absolute Gasteiger partial charge is 0.382 e. The number of hydrogen-bond donors (Lipinski definition) is 2. The molecule has 5 aromatic rings. The van der Waals surface area contributed by atoms with Gasteiger partial charge in [-0.25, -0.2) is 14.6 Å². The maximum atomic E-state index is 14.2. The number of aryl methyl sites for hydroxylation is 1. The van der Waals surface area contributed by atoms with Crippen molar-refractivity contribution in [1.82, 2.24) is 34.3 Å². The Balaban J connectivity index is 1.64. The maximum Gasteiger partial charge on any atom is 0.274 e. The van der Waals surface area contributed by atoms with Crippen LogP contribution in [0.1, 0.15) is 58.8 Å². The number of anilines is 1. The minimum absolute atomic E-state index is 0.000751. The lowest BCUT2D eigenvalue weighted by molar-refractivity contribution is 0.0930. The molecule has 42 heavy (non-hydrogen) atoms. The van der Waals surface area contributed by atoms with Crippen molar-refractivity contribution in [2.75, 3.05) is 5.73 Å². The van der Waals surface area contributed by atoms with Crippen molar-refractivity contribution in [3.8, 4) is 17.5 Å². The number of benzene rings is 2. The molecule has 0 aliphatic heterocycles. The number of nitrogen functional groups attached to an aromatic ring is 1. The highest BCUT2D eigenvalue weighted by molar-refractivity contribution is 5.97. The standard InChI is InChI=1S/C31H29N9O2/c1-6-11-25-37-28(32)27(40(25)33-4)30(41)35-19(2)29-36-24-15-10-12-21(16-17-22-18-34-38(5)20(22)3)26(24)31(42)39(29)23-13-8-7-9-14-23/h6-15,18-19H,4,32H2,1-3,5H3,(H,35,41)/b11-6-. The Morgan fingerprint density at radius 2 is 1.86 bits per heavy atom. The van der Waals surface area contributed by atoms with Gasteiger partial charge in [0.05, 0.1) is 40.1 Å². The van der Waals surface area contributed by atoms with Gasteiger partial charge < -0.3 is 11.1 Å². The number of amides is 1. The van der Waals surface area contributed by atoms with E-state index in [-0.39, 0.29) is 17.1 Å². The highest BCUT2D eigenvalue weighted by atomic mass is 16.2. The number of para-hydroxylation sites is 1. The van der Waals surface area contributed by atoms with Crippen LogP contribution in [0.15, 0.2) is 70.7 Å². The van der Waals surface area contributed by atoms with Crippen molar-refractivity contribution >= 4 is 35.4 Å². The van der Waals surface area contributed by atoms with Gasteiger partial charge in [-0.05, 0) is 51.1 Å². The molecule has 5 rings (SSSR count). The molecule has 2 aromatic carbocycles. The summed E-state index contributed by atoms with van der Waals surface area (Å²) in [4.78, 5) is 36.7. The number of rotatable bonds is 6. The number of aromatic nitrogens is 6. The van der Waals surface area contributed by atoms with Crippen LogP contribution in [-0.4, -0.2) is 41.6 Å². The summed E-state index contributed by atoms with van der Waals surface area (Å²) in [5, 5.41) is 11.4. The monoisotopic (exact) mass is 559 g/mol. The van der Waals surface area contributed by atoms with E-state index in [1.165, 1.54) is 9.24 Å². The van der Waals surface area contributed by atoms with Gasteiger partial charge in [0.15, 0.2) is 17.3 Å². The van der Waals surface area contributed by atoms with E-state index in [2.05, 4.69) is 39.1 Å². The summed E-state index contributed by atoms with van der Waals surface area (Å²) in [7, 11) is 1.85. The SMILES string of the molecule is C=Nn1c(/C=C\C)nc(N)c1C(=O)NC(C)c1nc2cccc(C#Cc3cnn(C)c3C)c2c(=O)n1-c1ccccc1. The van der Waals surface area contributed by atoms with Crippen molar-refractivity contribution in [2.24, 2.45) is 12.1 Å². The van der Waals surface area contributed by atoms with Crippen molar-refractivity contribution in [3.63, 3.8) is 0 Å². The number of nitrogens with two attached hydrogens (primary N) is 1. The molecule has 0 radical (unpaired) electrons. The van der Waals surface area contributed by atoms with Crippen molar-refractivity contribution in [2.45, 2.75) is 26.8 Å². The van der Waals surface area contributed by atoms with Gasteiger partial charge in [0.25, 0.3) is 11.5 Å². The zero-order valence-corrected chi connectivity index (χ0v) is 23.7.